The zero-order chi connectivity index (χ0) is 22.3. The fourth-order valence-electron chi connectivity index (χ4n) is 3.83. The summed E-state index contributed by atoms with van der Waals surface area (Å²) in [6.07, 6.45) is 3.70. The van der Waals surface area contributed by atoms with E-state index in [1.807, 2.05) is 48.1 Å². The molecule has 0 spiro atoms. The molecular formula is C25H28N4O3. The molecule has 166 valence electrons. The van der Waals surface area contributed by atoms with Gasteiger partial charge in [-0.3, -0.25) is 14.5 Å². The average molecular weight is 433 g/mol. The Morgan fingerprint density at radius 3 is 2.53 bits per heavy atom. The van der Waals surface area contributed by atoms with Gasteiger partial charge in [0.25, 0.3) is 11.8 Å². The van der Waals surface area contributed by atoms with Crippen molar-refractivity contribution in [3.8, 4) is 0 Å². The maximum atomic E-state index is 13.1. The van der Waals surface area contributed by atoms with Crippen LogP contribution in [-0.2, 0) is 16.6 Å². The summed E-state index contributed by atoms with van der Waals surface area (Å²) in [5.74, 6) is -0.629. The van der Waals surface area contributed by atoms with Gasteiger partial charge in [0.05, 0.1) is 13.2 Å². The Bertz CT molecular complexity index is 1110. The predicted octanol–water partition coefficient (Wildman–Crippen LogP) is 2.40. The molecule has 3 aromatic rings. The fourth-order valence-corrected chi connectivity index (χ4v) is 3.83. The molecule has 2 heterocycles. The van der Waals surface area contributed by atoms with Crippen LogP contribution in [-0.4, -0.2) is 60.7 Å². The van der Waals surface area contributed by atoms with Gasteiger partial charge in [0.2, 0.25) is 0 Å². The molecule has 1 aliphatic heterocycles. The number of benzene rings is 2. The second-order valence-electron chi connectivity index (χ2n) is 7.80. The third kappa shape index (κ3) is 5.25. The van der Waals surface area contributed by atoms with Crippen LogP contribution >= 0.6 is 0 Å². The van der Waals surface area contributed by atoms with Gasteiger partial charge in [-0.15, -0.1) is 0 Å². The van der Waals surface area contributed by atoms with E-state index in [2.05, 4.69) is 15.5 Å². The van der Waals surface area contributed by atoms with Gasteiger partial charge in [-0.2, -0.15) is 0 Å². The monoisotopic (exact) mass is 432 g/mol. The van der Waals surface area contributed by atoms with E-state index in [0.717, 1.165) is 36.1 Å². The minimum Gasteiger partial charge on any atom is -0.379 e. The third-order valence-corrected chi connectivity index (χ3v) is 5.57. The highest BCUT2D eigenvalue weighted by Crippen LogP contribution is 2.22. The molecule has 1 aliphatic rings. The first kappa shape index (κ1) is 21.8. The number of hydrogen-bond acceptors (Lipinski definition) is 4. The SMILES string of the molecule is Cn1cc(/C=C(/NC(=O)c2ccccc2)C(=O)NCCN2CCOCC2)c2ccccc21. The molecule has 7 heteroatoms. The van der Waals surface area contributed by atoms with Gasteiger partial charge in [-0.1, -0.05) is 36.4 Å². The summed E-state index contributed by atoms with van der Waals surface area (Å²) in [5, 5.41) is 6.78. The van der Waals surface area contributed by atoms with Gasteiger partial charge in [0.1, 0.15) is 5.70 Å². The zero-order valence-electron chi connectivity index (χ0n) is 18.2. The molecule has 0 bridgehead atoms. The molecule has 0 radical (unpaired) electrons. The number of hydrogen-bond donors (Lipinski definition) is 2. The Hall–Kier alpha value is -3.42. The lowest BCUT2D eigenvalue weighted by Crippen LogP contribution is -2.42. The number of fused-ring (bicyclic) bond motifs is 1. The summed E-state index contributed by atoms with van der Waals surface area (Å²) in [6.45, 7) is 4.38. The molecule has 0 atom stereocenters. The van der Waals surface area contributed by atoms with Gasteiger partial charge >= 0.3 is 0 Å². The number of carbonyl (C=O) groups is 2. The quantitative estimate of drug-likeness (QED) is 0.562. The predicted molar refractivity (Wildman–Crippen MR) is 125 cm³/mol. The number of rotatable bonds is 7. The lowest BCUT2D eigenvalue weighted by atomic mass is 10.1. The zero-order valence-corrected chi connectivity index (χ0v) is 18.2. The molecule has 7 nitrogen and oxygen atoms in total. The number of amides is 2. The van der Waals surface area contributed by atoms with E-state index in [1.165, 1.54) is 0 Å². The Balaban J connectivity index is 1.55. The van der Waals surface area contributed by atoms with Crippen molar-refractivity contribution in [1.82, 2.24) is 20.1 Å². The summed E-state index contributed by atoms with van der Waals surface area (Å²) < 4.78 is 7.38. The maximum Gasteiger partial charge on any atom is 0.267 e. The first-order valence-corrected chi connectivity index (χ1v) is 10.8. The number of morpholine rings is 1. The van der Waals surface area contributed by atoms with Gasteiger partial charge in [0, 0.05) is 61.5 Å². The van der Waals surface area contributed by atoms with Crippen molar-refractivity contribution in [1.29, 1.82) is 0 Å². The number of ether oxygens (including phenoxy) is 1. The molecule has 2 aromatic carbocycles. The van der Waals surface area contributed by atoms with Crippen LogP contribution in [0, 0.1) is 0 Å². The van der Waals surface area contributed by atoms with Crippen molar-refractivity contribution in [3.05, 3.63) is 77.6 Å². The van der Waals surface area contributed by atoms with Crippen molar-refractivity contribution in [3.63, 3.8) is 0 Å². The van der Waals surface area contributed by atoms with E-state index in [9.17, 15) is 9.59 Å². The van der Waals surface area contributed by atoms with Crippen molar-refractivity contribution < 1.29 is 14.3 Å². The Morgan fingerprint density at radius 1 is 1.03 bits per heavy atom. The average Bonchev–Trinajstić information content (AvgIpc) is 3.15. The lowest BCUT2D eigenvalue weighted by molar-refractivity contribution is -0.117. The van der Waals surface area contributed by atoms with Crippen LogP contribution in [0.4, 0.5) is 0 Å². The van der Waals surface area contributed by atoms with Crippen LogP contribution in [0.25, 0.3) is 17.0 Å². The number of nitrogens with one attached hydrogen (secondary N) is 2. The molecule has 2 amide bonds. The summed E-state index contributed by atoms with van der Waals surface area (Å²) in [6, 6.07) is 16.9. The molecular weight excluding hydrogens is 404 g/mol. The van der Waals surface area contributed by atoms with Crippen LogP contribution in [0.1, 0.15) is 15.9 Å². The largest absolute Gasteiger partial charge is 0.379 e. The van der Waals surface area contributed by atoms with Gasteiger partial charge < -0.3 is 19.9 Å². The smallest absolute Gasteiger partial charge is 0.267 e. The maximum absolute atomic E-state index is 13.1. The molecule has 0 aliphatic carbocycles. The van der Waals surface area contributed by atoms with Crippen LogP contribution in [0.2, 0.25) is 0 Å². The molecule has 0 saturated carbocycles. The minimum absolute atomic E-state index is 0.220. The highest BCUT2D eigenvalue weighted by atomic mass is 16.5. The number of nitrogens with zero attached hydrogens (tertiary/aromatic N) is 2. The standard InChI is InChI=1S/C25H28N4O3/c1-28-18-20(21-9-5-6-10-23(21)28)17-22(27-24(30)19-7-3-2-4-8-19)25(31)26-11-12-29-13-15-32-16-14-29/h2-10,17-18H,11-16H2,1H3,(H,26,31)(H,27,30)/b22-17+. The summed E-state index contributed by atoms with van der Waals surface area (Å²) >= 11 is 0. The molecule has 1 saturated heterocycles. The van der Waals surface area contributed by atoms with Crippen molar-refractivity contribution in [2.24, 2.45) is 7.05 Å². The van der Waals surface area contributed by atoms with E-state index in [1.54, 1.807) is 30.3 Å². The van der Waals surface area contributed by atoms with E-state index in [4.69, 9.17) is 4.74 Å². The summed E-state index contributed by atoms with van der Waals surface area (Å²) in [5.41, 5.74) is 2.64. The lowest BCUT2D eigenvalue weighted by Gasteiger charge is -2.26. The molecule has 4 rings (SSSR count). The first-order chi connectivity index (χ1) is 15.6. The van der Waals surface area contributed by atoms with Gasteiger partial charge in [-0.25, -0.2) is 0 Å². The number of carbonyl (C=O) groups excluding carboxylic acids is 2. The molecule has 1 fully saturated rings. The van der Waals surface area contributed by atoms with Crippen molar-refractivity contribution in [2.75, 3.05) is 39.4 Å². The first-order valence-electron chi connectivity index (χ1n) is 10.8. The van der Waals surface area contributed by atoms with Crippen molar-refractivity contribution in [2.45, 2.75) is 0 Å². The Morgan fingerprint density at radius 2 is 1.75 bits per heavy atom. The van der Waals surface area contributed by atoms with Crippen molar-refractivity contribution >= 4 is 28.8 Å². The molecule has 0 unspecified atom stereocenters. The van der Waals surface area contributed by atoms with E-state index >= 15 is 0 Å². The molecule has 32 heavy (non-hydrogen) atoms. The van der Waals surface area contributed by atoms with Crippen LogP contribution in [0.5, 0.6) is 0 Å². The van der Waals surface area contributed by atoms with Crippen LogP contribution in [0.15, 0.2) is 66.5 Å². The number of aromatic nitrogens is 1. The van der Waals surface area contributed by atoms with E-state index in [0.29, 0.717) is 25.3 Å². The van der Waals surface area contributed by atoms with E-state index in [-0.39, 0.29) is 17.5 Å². The Kier molecular flexibility index (Phi) is 6.99. The normalized spacial score (nSPS) is 15.0. The topological polar surface area (TPSA) is 75.6 Å². The van der Waals surface area contributed by atoms with Crippen LogP contribution < -0.4 is 10.6 Å². The van der Waals surface area contributed by atoms with Gasteiger partial charge in [-0.05, 0) is 24.3 Å². The number of aryl methyl sites for hydroxylation is 1. The molecule has 1 aromatic heterocycles. The second kappa shape index (κ2) is 10.3. The van der Waals surface area contributed by atoms with E-state index < -0.39 is 0 Å². The second-order valence-corrected chi connectivity index (χ2v) is 7.80. The highest BCUT2D eigenvalue weighted by molar-refractivity contribution is 6.06. The van der Waals surface area contributed by atoms with Gasteiger partial charge in [0.15, 0.2) is 0 Å². The van der Waals surface area contributed by atoms with Crippen LogP contribution in [0.3, 0.4) is 0 Å². The summed E-state index contributed by atoms with van der Waals surface area (Å²) in [4.78, 5) is 28.1. The highest BCUT2D eigenvalue weighted by Gasteiger charge is 2.17. The Labute approximate surface area is 187 Å². The minimum atomic E-state index is -0.319. The number of para-hydroxylation sites is 1. The third-order valence-electron chi connectivity index (χ3n) is 5.57. The fraction of sp³-hybridized carbons (Fsp3) is 0.280. The summed E-state index contributed by atoms with van der Waals surface area (Å²) in [7, 11) is 1.96. The molecule has 2 N–H and O–H groups in total.